The van der Waals surface area contributed by atoms with Crippen LogP contribution in [-0.2, 0) is 9.59 Å². The third-order valence-corrected chi connectivity index (χ3v) is 5.24. The number of thioether (sulfide) groups is 1. The van der Waals surface area contributed by atoms with Crippen LogP contribution in [0.3, 0.4) is 0 Å². The largest absolute Gasteiger partial charge is 0.423 e. The first kappa shape index (κ1) is 23.0. The van der Waals surface area contributed by atoms with Crippen molar-refractivity contribution in [3.05, 3.63) is 40.2 Å². The maximum absolute atomic E-state index is 12.8. The van der Waals surface area contributed by atoms with Crippen molar-refractivity contribution in [3.8, 4) is 0 Å². The molecule has 7 nitrogen and oxygen atoms in total. The molecule has 29 heavy (non-hydrogen) atoms. The highest BCUT2D eigenvalue weighted by Gasteiger charge is 2.26. The van der Waals surface area contributed by atoms with E-state index in [9.17, 15) is 14.4 Å². The van der Waals surface area contributed by atoms with Crippen molar-refractivity contribution >= 4 is 40.2 Å². The summed E-state index contributed by atoms with van der Waals surface area (Å²) >= 11 is 1.66. The Hall–Kier alpha value is -2.32. The van der Waals surface area contributed by atoms with Crippen LogP contribution in [0.1, 0.15) is 32.3 Å². The minimum atomic E-state index is -0.666. The molecule has 2 amide bonds. The molecular weight excluding hydrogens is 390 g/mol. The van der Waals surface area contributed by atoms with Crippen LogP contribution in [0, 0.1) is 12.8 Å². The van der Waals surface area contributed by atoms with Crippen molar-refractivity contribution in [3.63, 3.8) is 0 Å². The number of carbonyl (C=O) groups excluding carboxylic acids is 2. The summed E-state index contributed by atoms with van der Waals surface area (Å²) in [5, 5.41) is 6.47. The lowest BCUT2D eigenvalue weighted by Gasteiger charge is -2.21. The summed E-state index contributed by atoms with van der Waals surface area (Å²) in [7, 11) is 0. The molecule has 0 fully saturated rings. The second kappa shape index (κ2) is 10.5. The summed E-state index contributed by atoms with van der Waals surface area (Å²) in [6.07, 6.45) is 3.15. The molecule has 1 aromatic carbocycles. The fraction of sp³-hybridized carbons (Fsp3) is 0.476. The zero-order valence-electron chi connectivity index (χ0n) is 17.4. The summed E-state index contributed by atoms with van der Waals surface area (Å²) in [6, 6.07) is 5.54. The first-order valence-corrected chi connectivity index (χ1v) is 11.1. The van der Waals surface area contributed by atoms with E-state index >= 15 is 0 Å². The molecule has 2 atom stereocenters. The Bertz CT molecular complexity index is 926. The van der Waals surface area contributed by atoms with Crippen molar-refractivity contribution in [2.24, 2.45) is 5.92 Å². The average Bonchev–Trinajstić information content (AvgIpc) is 2.64. The Kier molecular flexibility index (Phi) is 8.28. The van der Waals surface area contributed by atoms with Gasteiger partial charge >= 0.3 is 5.63 Å². The highest BCUT2D eigenvalue weighted by molar-refractivity contribution is 7.98. The number of fused-ring (bicyclic) bond motifs is 1. The summed E-state index contributed by atoms with van der Waals surface area (Å²) in [5.74, 6) is 0.529. The lowest BCUT2D eigenvalue weighted by Crippen LogP contribution is -2.69. The van der Waals surface area contributed by atoms with E-state index in [4.69, 9.17) is 4.42 Å². The zero-order chi connectivity index (χ0) is 21.6. The first-order chi connectivity index (χ1) is 13.7. The van der Waals surface area contributed by atoms with E-state index < -0.39 is 17.7 Å². The number of rotatable bonds is 9. The number of hydrogen-bond donors (Lipinski definition) is 3. The average molecular weight is 421 g/mol. The fourth-order valence-corrected chi connectivity index (χ4v) is 3.54. The van der Waals surface area contributed by atoms with Crippen LogP contribution in [0.4, 0.5) is 5.69 Å². The molecule has 0 bridgehead atoms. The molecule has 2 aromatic rings. The molecule has 0 unspecified atom stereocenters. The molecule has 0 aliphatic heterocycles. The first-order valence-electron chi connectivity index (χ1n) is 9.69. The van der Waals surface area contributed by atoms with Crippen molar-refractivity contribution < 1.29 is 19.7 Å². The number of hydrogen-bond acceptors (Lipinski definition) is 5. The van der Waals surface area contributed by atoms with Gasteiger partial charge in [0.25, 0.3) is 5.91 Å². The highest BCUT2D eigenvalue weighted by atomic mass is 32.2. The summed E-state index contributed by atoms with van der Waals surface area (Å²) in [4.78, 5) is 36.9. The standard InChI is InChI=1S/C21H29N3O4S/c1-12(2)9-17(24-20(26)16(22)7-8-29-4)21(27)23-14-5-6-15-13(3)10-19(25)28-18(15)11-14/h5-6,10-12,16-17H,7-9,22H2,1-4H3,(H,23,27)(H,24,26)/p+1/t16-,17-/m0/s1. The number of aryl methyl sites for hydroxylation is 1. The fourth-order valence-electron chi connectivity index (χ4n) is 3.02. The number of anilines is 1. The van der Waals surface area contributed by atoms with Crippen molar-refractivity contribution in [1.82, 2.24) is 5.32 Å². The van der Waals surface area contributed by atoms with Crippen LogP contribution in [0.2, 0.25) is 0 Å². The minimum Gasteiger partial charge on any atom is -0.423 e. The van der Waals surface area contributed by atoms with E-state index in [0.717, 1.165) is 16.7 Å². The van der Waals surface area contributed by atoms with E-state index in [-0.39, 0.29) is 17.7 Å². The molecule has 158 valence electrons. The number of benzene rings is 1. The third kappa shape index (κ3) is 6.61. The Morgan fingerprint density at radius 1 is 1.21 bits per heavy atom. The van der Waals surface area contributed by atoms with Gasteiger partial charge in [-0.05, 0) is 49.0 Å². The Balaban J connectivity index is 2.15. The molecule has 0 radical (unpaired) electrons. The topological polar surface area (TPSA) is 116 Å². The van der Waals surface area contributed by atoms with Crippen LogP contribution >= 0.6 is 11.8 Å². The summed E-state index contributed by atoms with van der Waals surface area (Å²) in [6.45, 7) is 5.82. The Labute approximate surface area is 174 Å². The number of quaternary nitrogens is 1. The van der Waals surface area contributed by atoms with E-state index in [0.29, 0.717) is 24.1 Å². The van der Waals surface area contributed by atoms with E-state index in [1.54, 1.807) is 30.0 Å². The molecule has 1 aromatic heterocycles. The van der Waals surface area contributed by atoms with Crippen LogP contribution < -0.4 is 22.0 Å². The predicted octanol–water partition coefficient (Wildman–Crippen LogP) is 1.93. The predicted molar refractivity (Wildman–Crippen MR) is 117 cm³/mol. The molecule has 0 aliphatic carbocycles. The molecule has 0 saturated heterocycles. The zero-order valence-corrected chi connectivity index (χ0v) is 18.2. The maximum atomic E-state index is 12.8. The van der Waals surface area contributed by atoms with Crippen LogP contribution in [0.5, 0.6) is 0 Å². The highest BCUT2D eigenvalue weighted by Crippen LogP contribution is 2.21. The number of nitrogens with one attached hydrogen (secondary N) is 2. The van der Waals surface area contributed by atoms with Gasteiger partial charge in [-0.15, -0.1) is 0 Å². The molecule has 8 heteroatoms. The normalized spacial score (nSPS) is 13.3. The number of carbonyl (C=O) groups is 2. The van der Waals surface area contributed by atoms with Gasteiger partial charge in [0, 0.05) is 29.6 Å². The van der Waals surface area contributed by atoms with E-state index in [1.807, 2.05) is 27.0 Å². The molecule has 5 N–H and O–H groups in total. The monoisotopic (exact) mass is 420 g/mol. The third-order valence-electron chi connectivity index (χ3n) is 4.60. The van der Waals surface area contributed by atoms with Gasteiger partial charge in [-0.1, -0.05) is 13.8 Å². The molecule has 0 spiro atoms. The second-order valence-electron chi connectivity index (χ2n) is 7.62. The van der Waals surface area contributed by atoms with Gasteiger partial charge in [0.05, 0.1) is 0 Å². The number of amides is 2. The smallest absolute Gasteiger partial charge is 0.336 e. The van der Waals surface area contributed by atoms with Crippen LogP contribution in [0.25, 0.3) is 11.0 Å². The van der Waals surface area contributed by atoms with Gasteiger partial charge in [0.1, 0.15) is 11.6 Å². The minimum absolute atomic E-state index is 0.220. The van der Waals surface area contributed by atoms with E-state index in [1.165, 1.54) is 6.07 Å². The van der Waals surface area contributed by atoms with Gasteiger partial charge in [-0.3, -0.25) is 9.59 Å². The molecule has 0 saturated carbocycles. The second-order valence-corrected chi connectivity index (χ2v) is 8.60. The van der Waals surface area contributed by atoms with Gasteiger partial charge in [0.2, 0.25) is 5.91 Å². The van der Waals surface area contributed by atoms with Crippen molar-refractivity contribution in [1.29, 1.82) is 0 Å². The Morgan fingerprint density at radius 3 is 2.59 bits per heavy atom. The maximum Gasteiger partial charge on any atom is 0.336 e. The molecular formula is C21H30N3O4S+. The van der Waals surface area contributed by atoms with Gasteiger partial charge in [0.15, 0.2) is 6.04 Å². The van der Waals surface area contributed by atoms with Crippen LogP contribution in [0.15, 0.2) is 33.5 Å². The lowest BCUT2D eigenvalue weighted by atomic mass is 10.0. The van der Waals surface area contributed by atoms with Gasteiger partial charge in [-0.2, -0.15) is 11.8 Å². The quantitative estimate of drug-likeness (QED) is 0.536. The summed E-state index contributed by atoms with van der Waals surface area (Å²) in [5.41, 5.74) is 5.20. The molecule has 0 aliphatic rings. The van der Waals surface area contributed by atoms with Gasteiger partial charge < -0.3 is 20.8 Å². The molecule has 2 rings (SSSR count). The summed E-state index contributed by atoms with van der Waals surface area (Å²) < 4.78 is 5.24. The van der Waals surface area contributed by atoms with E-state index in [2.05, 4.69) is 16.4 Å². The van der Waals surface area contributed by atoms with Gasteiger partial charge in [-0.25, -0.2) is 4.79 Å². The molecule has 1 heterocycles. The van der Waals surface area contributed by atoms with Crippen LogP contribution in [-0.4, -0.2) is 35.9 Å². The SMILES string of the molecule is CSCC[C@H]([NH3+])C(=O)N[C@@H](CC(C)C)C(=O)Nc1ccc2c(C)cc(=O)oc2c1. The lowest BCUT2D eigenvalue weighted by molar-refractivity contribution is -0.404. The Morgan fingerprint density at radius 2 is 1.93 bits per heavy atom. The van der Waals surface area contributed by atoms with Crippen molar-refractivity contribution in [2.75, 3.05) is 17.3 Å². The van der Waals surface area contributed by atoms with Crippen molar-refractivity contribution in [2.45, 2.75) is 45.7 Å².